The standard InChI is InChI=1S/C33H43NO3/c1-33-19-17-28-27-16-14-26(37-2)21-24(27)13-15-29(28)32(33)25(22-30(33)35)11-7-4-8-12-31(36)34-20-18-23-9-5-3-6-10-23/h3,5-6,9-10,14,16,21,25,28-29,32H,4,7-8,11-13,15,17-20,22H2,1-2H3,(H,34,36)/t25-,28-,29-,32+,33-/m1/s1. The van der Waals surface area contributed by atoms with Crippen LogP contribution in [0.4, 0.5) is 0 Å². The van der Waals surface area contributed by atoms with Crippen molar-refractivity contribution in [2.45, 2.75) is 83.5 Å². The summed E-state index contributed by atoms with van der Waals surface area (Å²) in [4.78, 5) is 25.5. The number of rotatable bonds is 10. The SMILES string of the molecule is COc1ccc2c(c1)CC[C@H]1[C@@H]3[C@H](CCCCCC(=O)NCCc4ccccc4)CC(=O)[C@@]3(C)CC[C@H]21. The molecular weight excluding hydrogens is 458 g/mol. The molecule has 0 spiro atoms. The second kappa shape index (κ2) is 11.4. The lowest BCUT2D eigenvalue weighted by molar-refractivity contribution is -0.129. The van der Waals surface area contributed by atoms with Crippen LogP contribution in [0.3, 0.4) is 0 Å². The highest BCUT2D eigenvalue weighted by atomic mass is 16.5. The number of hydrogen-bond acceptors (Lipinski definition) is 3. The lowest BCUT2D eigenvalue weighted by Gasteiger charge is -2.50. The average Bonchev–Trinajstić information content (AvgIpc) is 3.18. The van der Waals surface area contributed by atoms with Crippen LogP contribution in [0.15, 0.2) is 48.5 Å². The molecule has 4 heteroatoms. The fourth-order valence-corrected chi connectivity index (χ4v) is 7.96. The molecule has 0 radical (unpaired) electrons. The van der Waals surface area contributed by atoms with Gasteiger partial charge in [-0.25, -0.2) is 0 Å². The van der Waals surface area contributed by atoms with Gasteiger partial charge in [0.2, 0.25) is 5.91 Å². The molecule has 2 aromatic carbocycles. The van der Waals surface area contributed by atoms with Crippen molar-refractivity contribution in [3.05, 3.63) is 65.2 Å². The van der Waals surface area contributed by atoms with Crippen LogP contribution in [0.25, 0.3) is 0 Å². The van der Waals surface area contributed by atoms with Gasteiger partial charge in [0.25, 0.3) is 0 Å². The third-order valence-electron chi connectivity index (χ3n) is 9.83. The zero-order chi connectivity index (χ0) is 25.8. The number of carbonyl (C=O) groups excluding carboxylic acids is 2. The molecule has 1 amide bonds. The summed E-state index contributed by atoms with van der Waals surface area (Å²) in [7, 11) is 1.74. The highest BCUT2D eigenvalue weighted by molar-refractivity contribution is 5.87. The van der Waals surface area contributed by atoms with Crippen LogP contribution >= 0.6 is 0 Å². The Morgan fingerprint density at radius 1 is 1.08 bits per heavy atom. The molecular formula is C33H43NO3. The van der Waals surface area contributed by atoms with Gasteiger partial charge < -0.3 is 10.1 Å². The molecule has 0 heterocycles. The molecule has 2 saturated carbocycles. The van der Waals surface area contributed by atoms with Crippen LogP contribution < -0.4 is 10.1 Å². The van der Waals surface area contributed by atoms with Crippen LogP contribution in [0.5, 0.6) is 5.75 Å². The molecule has 2 fully saturated rings. The number of unbranched alkanes of at least 4 members (excludes halogenated alkanes) is 2. The van der Waals surface area contributed by atoms with Gasteiger partial charge in [-0.15, -0.1) is 0 Å². The van der Waals surface area contributed by atoms with Crippen molar-refractivity contribution >= 4 is 11.7 Å². The summed E-state index contributed by atoms with van der Waals surface area (Å²) >= 11 is 0. The number of ketones is 1. The highest BCUT2D eigenvalue weighted by Crippen LogP contribution is 2.62. The summed E-state index contributed by atoms with van der Waals surface area (Å²) in [5.41, 5.74) is 4.09. The molecule has 4 nitrogen and oxygen atoms in total. The molecule has 0 unspecified atom stereocenters. The first kappa shape index (κ1) is 26.0. The van der Waals surface area contributed by atoms with Crippen molar-refractivity contribution in [3.63, 3.8) is 0 Å². The number of hydrogen-bond donors (Lipinski definition) is 1. The molecule has 3 aliphatic carbocycles. The summed E-state index contributed by atoms with van der Waals surface area (Å²) in [6, 6.07) is 16.9. The minimum Gasteiger partial charge on any atom is -0.497 e. The Labute approximate surface area is 222 Å². The quantitative estimate of drug-likeness (QED) is 0.371. The van der Waals surface area contributed by atoms with Gasteiger partial charge >= 0.3 is 0 Å². The number of Topliss-reactive ketones (excluding diaryl/α,β-unsaturated/α-hetero) is 1. The number of methoxy groups -OCH3 is 1. The zero-order valence-electron chi connectivity index (χ0n) is 22.6. The fraction of sp³-hybridized carbons (Fsp3) is 0.576. The summed E-state index contributed by atoms with van der Waals surface area (Å²) < 4.78 is 5.48. The monoisotopic (exact) mass is 501 g/mol. The van der Waals surface area contributed by atoms with Crippen LogP contribution in [0.1, 0.15) is 87.3 Å². The molecule has 3 aliphatic rings. The normalized spacial score (nSPS) is 28.2. The fourth-order valence-electron chi connectivity index (χ4n) is 7.96. The molecule has 2 aromatic rings. The summed E-state index contributed by atoms with van der Waals surface area (Å²) in [6.07, 6.45) is 10.9. The average molecular weight is 502 g/mol. The van der Waals surface area contributed by atoms with Crippen LogP contribution in [0, 0.1) is 23.2 Å². The Morgan fingerprint density at radius 2 is 1.92 bits per heavy atom. The number of ether oxygens (including phenoxy) is 1. The number of aryl methyl sites for hydroxylation is 1. The maximum absolute atomic E-state index is 13.3. The second-order valence-corrected chi connectivity index (χ2v) is 11.9. The predicted molar refractivity (Wildman–Crippen MR) is 148 cm³/mol. The number of amides is 1. The van der Waals surface area contributed by atoms with Crippen molar-refractivity contribution in [3.8, 4) is 5.75 Å². The van der Waals surface area contributed by atoms with E-state index in [-0.39, 0.29) is 11.3 Å². The zero-order valence-corrected chi connectivity index (χ0v) is 22.6. The second-order valence-electron chi connectivity index (χ2n) is 11.9. The van der Waals surface area contributed by atoms with Crippen molar-refractivity contribution < 1.29 is 14.3 Å². The van der Waals surface area contributed by atoms with Gasteiger partial charge in [0.15, 0.2) is 0 Å². The third-order valence-corrected chi connectivity index (χ3v) is 9.83. The molecule has 0 aromatic heterocycles. The minimum atomic E-state index is -0.131. The Kier molecular flexibility index (Phi) is 8.02. The van der Waals surface area contributed by atoms with Gasteiger partial charge in [-0.2, -0.15) is 0 Å². The smallest absolute Gasteiger partial charge is 0.220 e. The predicted octanol–water partition coefficient (Wildman–Crippen LogP) is 6.66. The molecule has 5 rings (SSSR count). The molecule has 37 heavy (non-hydrogen) atoms. The topological polar surface area (TPSA) is 55.4 Å². The molecule has 5 atom stereocenters. The lowest BCUT2D eigenvalue weighted by Crippen LogP contribution is -2.44. The largest absolute Gasteiger partial charge is 0.497 e. The minimum absolute atomic E-state index is 0.131. The molecule has 0 aliphatic heterocycles. The first-order chi connectivity index (χ1) is 18.0. The van der Waals surface area contributed by atoms with E-state index in [1.807, 2.05) is 18.2 Å². The first-order valence-electron chi connectivity index (χ1n) is 14.5. The van der Waals surface area contributed by atoms with Crippen molar-refractivity contribution in [1.29, 1.82) is 0 Å². The number of benzene rings is 2. The Balaban J connectivity index is 1.11. The van der Waals surface area contributed by atoms with E-state index < -0.39 is 0 Å². The van der Waals surface area contributed by atoms with E-state index in [9.17, 15) is 9.59 Å². The summed E-state index contributed by atoms with van der Waals surface area (Å²) in [5, 5.41) is 3.07. The Hall–Kier alpha value is -2.62. The number of carbonyl (C=O) groups is 2. The molecule has 0 saturated heterocycles. The van der Waals surface area contributed by atoms with Gasteiger partial charge in [-0.05, 0) is 97.4 Å². The van der Waals surface area contributed by atoms with Gasteiger partial charge in [-0.1, -0.05) is 56.2 Å². The number of nitrogens with one attached hydrogen (secondary N) is 1. The van der Waals surface area contributed by atoms with Crippen molar-refractivity contribution in [2.75, 3.05) is 13.7 Å². The maximum Gasteiger partial charge on any atom is 0.220 e. The van der Waals surface area contributed by atoms with Gasteiger partial charge in [-0.3, -0.25) is 9.59 Å². The van der Waals surface area contributed by atoms with Gasteiger partial charge in [0.05, 0.1) is 7.11 Å². The van der Waals surface area contributed by atoms with E-state index in [1.54, 1.807) is 7.11 Å². The van der Waals surface area contributed by atoms with E-state index in [0.717, 1.165) is 63.5 Å². The summed E-state index contributed by atoms with van der Waals surface area (Å²) in [6.45, 7) is 2.98. The molecule has 0 bridgehead atoms. The van der Waals surface area contributed by atoms with Gasteiger partial charge in [0, 0.05) is 24.8 Å². The van der Waals surface area contributed by atoms with E-state index in [2.05, 4.69) is 42.6 Å². The van der Waals surface area contributed by atoms with E-state index in [4.69, 9.17) is 4.74 Å². The maximum atomic E-state index is 13.3. The van der Waals surface area contributed by atoms with Crippen LogP contribution in [0.2, 0.25) is 0 Å². The van der Waals surface area contributed by atoms with E-state index in [0.29, 0.717) is 42.4 Å². The third kappa shape index (κ3) is 5.49. The van der Waals surface area contributed by atoms with E-state index in [1.165, 1.54) is 23.1 Å². The van der Waals surface area contributed by atoms with E-state index >= 15 is 0 Å². The lowest BCUT2D eigenvalue weighted by atomic mass is 9.54. The summed E-state index contributed by atoms with van der Waals surface area (Å²) in [5.74, 6) is 3.84. The Bertz CT molecular complexity index is 1100. The first-order valence-corrected chi connectivity index (χ1v) is 14.5. The Morgan fingerprint density at radius 3 is 2.73 bits per heavy atom. The van der Waals surface area contributed by atoms with Crippen LogP contribution in [-0.2, 0) is 22.4 Å². The number of fused-ring (bicyclic) bond motifs is 5. The van der Waals surface area contributed by atoms with Crippen LogP contribution in [-0.4, -0.2) is 25.3 Å². The van der Waals surface area contributed by atoms with Crippen molar-refractivity contribution in [2.24, 2.45) is 23.2 Å². The molecule has 198 valence electrons. The highest BCUT2D eigenvalue weighted by Gasteiger charge is 2.58. The molecule has 1 N–H and O–H groups in total. The van der Waals surface area contributed by atoms with Crippen molar-refractivity contribution in [1.82, 2.24) is 5.32 Å². The van der Waals surface area contributed by atoms with Gasteiger partial charge in [0.1, 0.15) is 11.5 Å².